The predicted octanol–water partition coefficient (Wildman–Crippen LogP) is 2.84. The summed E-state index contributed by atoms with van der Waals surface area (Å²) in [4.78, 5) is 0. The topological polar surface area (TPSA) is 62.3 Å². The average Bonchev–Trinajstić information content (AvgIpc) is 2.86. The molecule has 2 N–H and O–H groups in total. The second-order valence-electron chi connectivity index (χ2n) is 4.19. The molecule has 0 spiro atoms. The SMILES string of the molecule is COc1ccc(OC(F)(F)F)c(-c2cnn(CCN)c2)c1.Cl. The minimum absolute atomic E-state index is 0. The van der Waals surface area contributed by atoms with Crippen LogP contribution in [0.2, 0.25) is 0 Å². The third-order valence-electron chi connectivity index (χ3n) is 2.71. The molecule has 22 heavy (non-hydrogen) atoms. The Labute approximate surface area is 131 Å². The van der Waals surface area contributed by atoms with Crippen molar-refractivity contribution in [3.63, 3.8) is 0 Å². The van der Waals surface area contributed by atoms with Gasteiger partial charge in [0.05, 0.1) is 19.9 Å². The largest absolute Gasteiger partial charge is 0.573 e. The summed E-state index contributed by atoms with van der Waals surface area (Å²) in [6, 6.07) is 4.07. The summed E-state index contributed by atoms with van der Waals surface area (Å²) in [5, 5.41) is 4.03. The molecule has 0 aliphatic rings. The van der Waals surface area contributed by atoms with Gasteiger partial charge in [-0.15, -0.1) is 25.6 Å². The number of alkyl halides is 3. The number of methoxy groups -OCH3 is 1. The van der Waals surface area contributed by atoms with Gasteiger partial charge in [-0.1, -0.05) is 0 Å². The van der Waals surface area contributed by atoms with E-state index in [1.807, 2.05) is 0 Å². The van der Waals surface area contributed by atoms with E-state index < -0.39 is 6.36 Å². The standard InChI is InChI=1S/C13H14F3N3O2.ClH/c1-20-10-2-3-12(21-13(14,15)16)11(6-10)9-7-18-19(8-9)5-4-17;/h2-3,6-8H,4-5,17H2,1H3;1H. The molecule has 0 aliphatic carbocycles. The summed E-state index contributed by atoms with van der Waals surface area (Å²) in [7, 11) is 1.43. The number of halogens is 4. The molecule has 1 aromatic carbocycles. The number of rotatable bonds is 5. The van der Waals surface area contributed by atoms with Crippen LogP contribution < -0.4 is 15.2 Å². The highest BCUT2D eigenvalue weighted by atomic mass is 35.5. The lowest BCUT2D eigenvalue weighted by Crippen LogP contribution is -2.17. The van der Waals surface area contributed by atoms with Crippen LogP contribution in [0.25, 0.3) is 11.1 Å². The maximum atomic E-state index is 12.5. The molecule has 0 atom stereocenters. The third-order valence-corrected chi connectivity index (χ3v) is 2.71. The van der Waals surface area contributed by atoms with Crippen LogP contribution in [0.15, 0.2) is 30.6 Å². The van der Waals surface area contributed by atoms with Gasteiger partial charge in [-0.2, -0.15) is 5.10 Å². The average molecular weight is 338 g/mol. The first-order valence-electron chi connectivity index (χ1n) is 6.09. The Bertz CT molecular complexity index is 617. The summed E-state index contributed by atoms with van der Waals surface area (Å²) in [6.45, 7) is 0.852. The van der Waals surface area contributed by atoms with Crippen molar-refractivity contribution in [1.29, 1.82) is 0 Å². The number of nitrogens with zero attached hydrogens (tertiary/aromatic N) is 2. The van der Waals surface area contributed by atoms with Crippen LogP contribution in [-0.4, -0.2) is 29.8 Å². The minimum atomic E-state index is -4.77. The lowest BCUT2D eigenvalue weighted by Gasteiger charge is -2.13. The number of aromatic nitrogens is 2. The van der Waals surface area contributed by atoms with Crippen LogP contribution in [0, 0.1) is 0 Å². The monoisotopic (exact) mass is 337 g/mol. The fraction of sp³-hybridized carbons (Fsp3) is 0.308. The van der Waals surface area contributed by atoms with Gasteiger partial charge in [-0.3, -0.25) is 4.68 Å². The molecule has 2 rings (SSSR count). The Hall–Kier alpha value is -1.93. The molecular weight excluding hydrogens is 323 g/mol. The minimum Gasteiger partial charge on any atom is -0.497 e. The highest BCUT2D eigenvalue weighted by molar-refractivity contribution is 5.85. The predicted molar refractivity (Wildman–Crippen MR) is 77.2 cm³/mol. The maximum absolute atomic E-state index is 12.5. The zero-order valence-electron chi connectivity index (χ0n) is 11.6. The fourth-order valence-corrected chi connectivity index (χ4v) is 1.83. The van der Waals surface area contributed by atoms with E-state index >= 15 is 0 Å². The molecule has 0 unspecified atom stereocenters. The molecule has 0 aliphatic heterocycles. The molecule has 1 aromatic heterocycles. The molecule has 0 fully saturated rings. The molecule has 0 saturated carbocycles. The summed E-state index contributed by atoms with van der Waals surface area (Å²) >= 11 is 0. The maximum Gasteiger partial charge on any atom is 0.573 e. The molecule has 0 amide bonds. The van der Waals surface area contributed by atoms with E-state index in [9.17, 15) is 13.2 Å². The first-order chi connectivity index (χ1) is 9.93. The Morgan fingerprint density at radius 1 is 1.32 bits per heavy atom. The first kappa shape index (κ1) is 18.1. The van der Waals surface area contributed by atoms with Crippen molar-refractivity contribution in [2.75, 3.05) is 13.7 Å². The van der Waals surface area contributed by atoms with E-state index in [-0.39, 0.29) is 23.7 Å². The van der Waals surface area contributed by atoms with Gasteiger partial charge in [0.1, 0.15) is 11.5 Å². The van der Waals surface area contributed by atoms with Gasteiger partial charge >= 0.3 is 6.36 Å². The van der Waals surface area contributed by atoms with Crippen molar-refractivity contribution in [3.05, 3.63) is 30.6 Å². The van der Waals surface area contributed by atoms with E-state index in [1.165, 1.54) is 31.5 Å². The quantitative estimate of drug-likeness (QED) is 0.911. The van der Waals surface area contributed by atoms with Crippen molar-refractivity contribution in [1.82, 2.24) is 9.78 Å². The highest BCUT2D eigenvalue weighted by Crippen LogP contribution is 2.36. The Balaban J connectivity index is 0.00000242. The second kappa shape index (κ2) is 7.37. The molecule has 1 heterocycles. The summed E-state index contributed by atoms with van der Waals surface area (Å²) in [5.74, 6) is 0.113. The number of nitrogens with two attached hydrogens (primary N) is 1. The van der Waals surface area contributed by atoms with E-state index in [0.717, 1.165) is 0 Å². The molecule has 0 bridgehead atoms. The second-order valence-corrected chi connectivity index (χ2v) is 4.19. The number of hydrogen-bond donors (Lipinski definition) is 1. The third kappa shape index (κ3) is 4.54. The van der Waals surface area contributed by atoms with Gasteiger partial charge in [0.15, 0.2) is 0 Å². The van der Waals surface area contributed by atoms with Gasteiger partial charge in [0.2, 0.25) is 0 Å². The van der Waals surface area contributed by atoms with E-state index in [0.29, 0.717) is 24.4 Å². The lowest BCUT2D eigenvalue weighted by molar-refractivity contribution is -0.274. The van der Waals surface area contributed by atoms with Crippen LogP contribution in [0.4, 0.5) is 13.2 Å². The van der Waals surface area contributed by atoms with Crippen molar-refractivity contribution in [2.24, 2.45) is 5.73 Å². The molecule has 5 nitrogen and oxygen atoms in total. The van der Waals surface area contributed by atoms with E-state index in [2.05, 4.69) is 9.84 Å². The number of ether oxygens (including phenoxy) is 2. The van der Waals surface area contributed by atoms with Gasteiger partial charge in [-0.25, -0.2) is 0 Å². The smallest absolute Gasteiger partial charge is 0.497 e. The summed E-state index contributed by atoms with van der Waals surface area (Å²) in [6.07, 6.45) is -1.71. The molecule has 122 valence electrons. The normalized spacial score (nSPS) is 11.0. The van der Waals surface area contributed by atoms with Crippen LogP contribution >= 0.6 is 12.4 Å². The lowest BCUT2D eigenvalue weighted by atomic mass is 10.1. The number of hydrogen-bond acceptors (Lipinski definition) is 4. The van der Waals surface area contributed by atoms with Crippen LogP contribution in [0.5, 0.6) is 11.5 Å². The Kier molecular flexibility index (Phi) is 6.07. The van der Waals surface area contributed by atoms with Gasteiger partial charge in [0.25, 0.3) is 0 Å². The van der Waals surface area contributed by atoms with Crippen molar-refractivity contribution in [2.45, 2.75) is 12.9 Å². The Morgan fingerprint density at radius 3 is 2.64 bits per heavy atom. The molecule has 0 saturated heterocycles. The van der Waals surface area contributed by atoms with E-state index in [1.54, 1.807) is 10.9 Å². The highest BCUT2D eigenvalue weighted by Gasteiger charge is 2.32. The van der Waals surface area contributed by atoms with Crippen LogP contribution in [0.1, 0.15) is 0 Å². The molecule has 2 aromatic rings. The number of benzene rings is 1. The zero-order chi connectivity index (χ0) is 15.5. The van der Waals surface area contributed by atoms with Gasteiger partial charge in [-0.05, 0) is 18.2 Å². The van der Waals surface area contributed by atoms with Crippen molar-refractivity contribution >= 4 is 12.4 Å². The molecule has 0 radical (unpaired) electrons. The van der Waals surface area contributed by atoms with Crippen molar-refractivity contribution < 1.29 is 22.6 Å². The summed E-state index contributed by atoms with van der Waals surface area (Å²) < 4.78 is 48.0. The summed E-state index contributed by atoms with van der Waals surface area (Å²) in [5.41, 5.74) is 6.15. The van der Waals surface area contributed by atoms with Gasteiger partial charge < -0.3 is 15.2 Å². The molecule has 9 heteroatoms. The van der Waals surface area contributed by atoms with Crippen LogP contribution in [-0.2, 0) is 6.54 Å². The van der Waals surface area contributed by atoms with Gasteiger partial charge in [0, 0.05) is 23.9 Å². The van der Waals surface area contributed by atoms with E-state index in [4.69, 9.17) is 10.5 Å². The molecular formula is C13H15ClF3N3O2. The fourth-order valence-electron chi connectivity index (χ4n) is 1.83. The zero-order valence-corrected chi connectivity index (χ0v) is 12.4. The Morgan fingerprint density at radius 2 is 2.05 bits per heavy atom. The van der Waals surface area contributed by atoms with Crippen LogP contribution in [0.3, 0.4) is 0 Å². The first-order valence-corrected chi connectivity index (χ1v) is 6.09. The van der Waals surface area contributed by atoms with Crippen molar-refractivity contribution in [3.8, 4) is 22.6 Å².